The number of rotatable bonds is 4. The number of benzene rings is 2. The molecule has 2 aromatic rings. The minimum atomic E-state index is -0.124. The number of nitrogens with zero attached hydrogens (tertiary/aromatic N) is 1. The molecule has 3 rings (SSSR count). The molecule has 1 atom stereocenters. The van der Waals surface area contributed by atoms with Gasteiger partial charge in [0, 0.05) is 23.1 Å². The monoisotopic (exact) mass is 398 g/mol. The van der Waals surface area contributed by atoms with Crippen LogP contribution in [-0.2, 0) is 9.53 Å². The van der Waals surface area contributed by atoms with Gasteiger partial charge >= 0.3 is 0 Å². The van der Waals surface area contributed by atoms with Crippen LogP contribution in [0.5, 0.6) is 0 Å². The molecule has 1 saturated heterocycles. The molecule has 4 nitrogen and oxygen atoms in total. The Morgan fingerprint density at radius 2 is 1.84 bits per heavy atom. The Morgan fingerprint density at radius 3 is 2.56 bits per heavy atom. The predicted molar refractivity (Wildman–Crippen MR) is 102 cm³/mol. The van der Waals surface area contributed by atoms with E-state index >= 15 is 0 Å². The van der Waals surface area contributed by atoms with Crippen LogP contribution < -0.4 is 5.32 Å². The summed E-state index contributed by atoms with van der Waals surface area (Å²) in [4.78, 5) is 14.4. The van der Waals surface area contributed by atoms with Crippen molar-refractivity contribution in [2.75, 3.05) is 31.6 Å². The van der Waals surface area contributed by atoms with Gasteiger partial charge < -0.3 is 10.1 Å². The van der Waals surface area contributed by atoms with E-state index in [1.807, 2.05) is 24.3 Å². The van der Waals surface area contributed by atoms with Crippen LogP contribution in [-0.4, -0.2) is 37.0 Å². The molecule has 1 heterocycles. The number of anilines is 1. The van der Waals surface area contributed by atoms with Crippen molar-refractivity contribution in [3.63, 3.8) is 0 Å². The normalized spacial score (nSPS) is 18.1. The predicted octanol–water partition coefficient (Wildman–Crippen LogP) is 4.66. The molecule has 0 aromatic heterocycles. The van der Waals surface area contributed by atoms with Crippen LogP contribution in [0.15, 0.2) is 42.5 Å². The molecule has 0 spiro atoms. The van der Waals surface area contributed by atoms with Crippen molar-refractivity contribution in [1.29, 1.82) is 0 Å². The summed E-state index contributed by atoms with van der Waals surface area (Å²) >= 11 is 17.9. The van der Waals surface area contributed by atoms with Crippen LogP contribution >= 0.6 is 34.8 Å². The van der Waals surface area contributed by atoms with Crippen LogP contribution in [0.2, 0.25) is 15.1 Å². The van der Waals surface area contributed by atoms with Crippen molar-refractivity contribution in [1.82, 2.24) is 4.90 Å². The molecule has 1 aliphatic rings. The molecule has 0 radical (unpaired) electrons. The van der Waals surface area contributed by atoms with Crippen LogP contribution in [0.1, 0.15) is 11.7 Å². The minimum Gasteiger partial charge on any atom is -0.371 e. The van der Waals surface area contributed by atoms with E-state index in [1.165, 1.54) is 0 Å². The van der Waals surface area contributed by atoms with Gasteiger partial charge in [-0.1, -0.05) is 46.9 Å². The molecule has 0 saturated carbocycles. The van der Waals surface area contributed by atoms with Crippen molar-refractivity contribution in [2.45, 2.75) is 6.10 Å². The first-order valence-corrected chi connectivity index (χ1v) is 8.99. The average molecular weight is 400 g/mol. The standard InChI is InChI=1S/C18H17Cl3N2O2/c19-13-3-1-12(2-4-13)17-10-23(7-8-25-17)11-18(24)22-16-6-5-14(20)9-15(16)21/h1-6,9,17H,7-8,10-11H2,(H,22,24). The molecule has 1 fully saturated rings. The SMILES string of the molecule is O=C(CN1CCOC(c2ccc(Cl)cc2)C1)Nc1ccc(Cl)cc1Cl. The Balaban J connectivity index is 1.58. The zero-order valence-electron chi connectivity index (χ0n) is 13.3. The summed E-state index contributed by atoms with van der Waals surface area (Å²) in [6, 6.07) is 12.6. The molecule has 0 aliphatic carbocycles. The second-order valence-corrected chi connectivity index (χ2v) is 7.10. The fraction of sp³-hybridized carbons (Fsp3) is 0.278. The van der Waals surface area contributed by atoms with E-state index in [-0.39, 0.29) is 18.6 Å². The summed E-state index contributed by atoms with van der Waals surface area (Å²) in [5.41, 5.74) is 1.61. The van der Waals surface area contributed by atoms with Gasteiger partial charge in [0.05, 0.1) is 30.0 Å². The molecule has 1 amide bonds. The Morgan fingerprint density at radius 1 is 1.12 bits per heavy atom. The molecule has 2 aromatic carbocycles. The highest BCUT2D eigenvalue weighted by Gasteiger charge is 2.23. The molecule has 1 aliphatic heterocycles. The van der Waals surface area contributed by atoms with Crippen molar-refractivity contribution in [2.24, 2.45) is 0 Å². The third kappa shape index (κ3) is 5.09. The third-order valence-electron chi connectivity index (χ3n) is 3.96. The van der Waals surface area contributed by atoms with Gasteiger partial charge in [-0.3, -0.25) is 9.69 Å². The van der Waals surface area contributed by atoms with Gasteiger partial charge in [0.25, 0.3) is 0 Å². The number of nitrogens with one attached hydrogen (secondary N) is 1. The number of ether oxygens (including phenoxy) is 1. The fourth-order valence-electron chi connectivity index (χ4n) is 2.71. The van der Waals surface area contributed by atoms with Crippen molar-refractivity contribution in [3.8, 4) is 0 Å². The van der Waals surface area contributed by atoms with Gasteiger partial charge in [-0.15, -0.1) is 0 Å². The molecule has 1 unspecified atom stereocenters. The van der Waals surface area contributed by atoms with Crippen LogP contribution in [0.25, 0.3) is 0 Å². The van der Waals surface area contributed by atoms with Gasteiger partial charge in [0.15, 0.2) is 0 Å². The summed E-state index contributed by atoms with van der Waals surface area (Å²) in [6.07, 6.45) is -0.0714. The number of carbonyl (C=O) groups excluding carboxylic acids is 1. The minimum absolute atomic E-state index is 0.0714. The Labute approximate surface area is 161 Å². The molecule has 25 heavy (non-hydrogen) atoms. The van der Waals surface area contributed by atoms with Gasteiger partial charge in [0.1, 0.15) is 0 Å². The lowest BCUT2D eigenvalue weighted by molar-refractivity contribution is -0.119. The quantitative estimate of drug-likeness (QED) is 0.813. The smallest absolute Gasteiger partial charge is 0.238 e. The van der Waals surface area contributed by atoms with E-state index < -0.39 is 0 Å². The van der Waals surface area contributed by atoms with Gasteiger partial charge in [-0.25, -0.2) is 0 Å². The average Bonchev–Trinajstić information content (AvgIpc) is 2.58. The Kier molecular flexibility index (Phi) is 6.20. The first kappa shape index (κ1) is 18.5. The van der Waals surface area contributed by atoms with E-state index in [4.69, 9.17) is 39.5 Å². The number of hydrogen-bond acceptors (Lipinski definition) is 3. The summed E-state index contributed by atoms with van der Waals surface area (Å²) in [5.74, 6) is -0.124. The summed E-state index contributed by atoms with van der Waals surface area (Å²) in [6.45, 7) is 2.18. The summed E-state index contributed by atoms with van der Waals surface area (Å²) < 4.78 is 5.81. The number of hydrogen-bond donors (Lipinski definition) is 1. The van der Waals surface area contributed by atoms with Gasteiger partial charge in [-0.2, -0.15) is 0 Å². The number of morpholine rings is 1. The van der Waals surface area contributed by atoms with Crippen molar-refractivity contribution < 1.29 is 9.53 Å². The maximum Gasteiger partial charge on any atom is 0.238 e. The Bertz CT molecular complexity index is 752. The highest BCUT2D eigenvalue weighted by Crippen LogP contribution is 2.26. The van der Waals surface area contributed by atoms with E-state index in [2.05, 4.69) is 10.2 Å². The maximum absolute atomic E-state index is 12.3. The summed E-state index contributed by atoms with van der Waals surface area (Å²) in [5, 5.41) is 4.46. The van der Waals surface area contributed by atoms with Gasteiger partial charge in [-0.05, 0) is 35.9 Å². The first-order chi connectivity index (χ1) is 12.0. The highest BCUT2D eigenvalue weighted by atomic mass is 35.5. The summed E-state index contributed by atoms with van der Waals surface area (Å²) in [7, 11) is 0. The van der Waals surface area contributed by atoms with E-state index in [0.29, 0.717) is 40.5 Å². The lowest BCUT2D eigenvalue weighted by Crippen LogP contribution is -2.42. The number of amides is 1. The van der Waals surface area contributed by atoms with Crippen LogP contribution in [0, 0.1) is 0 Å². The second kappa shape index (κ2) is 8.39. The van der Waals surface area contributed by atoms with E-state index in [1.54, 1.807) is 18.2 Å². The van der Waals surface area contributed by atoms with E-state index in [0.717, 1.165) is 5.56 Å². The van der Waals surface area contributed by atoms with Crippen molar-refractivity contribution in [3.05, 3.63) is 63.1 Å². The molecule has 0 bridgehead atoms. The maximum atomic E-state index is 12.3. The topological polar surface area (TPSA) is 41.6 Å². The second-order valence-electron chi connectivity index (χ2n) is 5.82. The number of halogens is 3. The lowest BCUT2D eigenvalue weighted by atomic mass is 10.1. The molecule has 132 valence electrons. The molecule has 7 heteroatoms. The first-order valence-electron chi connectivity index (χ1n) is 7.85. The largest absolute Gasteiger partial charge is 0.371 e. The van der Waals surface area contributed by atoms with Crippen LogP contribution in [0.3, 0.4) is 0 Å². The number of carbonyl (C=O) groups is 1. The van der Waals surface area contributed by atoms with Crippen molar-refractivity contribution >= 4 is 46.4 Å². The molecular weight excluding hydrogens is 383 g/mol. The van der Waals surface area contributed by atoms with Crippen LogP contribution in [0.4, 0.5) is 5.69 Å². The fourth-order valence-corrected chi connectivity index (χ4v) is 3.29. The van der Waals surface area contributed by atoms with Gasteiger partial charge in [0.2, 0.25) is 5.91 Å². The zero-order chi connectivity index (χ0) is 17.8. The Hall–Kier alpha value is -1.30. The highest BCUT2D eigenvalue weighted by molar-refractivity contribution is 6.36. The zero-order valence-corrected chi connectivity index (χ0v) is 15.6. The lowest BCUT2D eigenvalue weighted by Gasteiger charge is -2.32. The third-order valence-corrected chi connectivity index (χ3v) is 4.76. The molecule has 1 N–H and O–H groups in total. The van der Waals surface area contributed by atoms with E-state index in [9.17, 15) is 4.79 Å². The molecular formula is C18H17Cl3N2O2.